The van der Waals surface area contributed by atoms with Crippen molar-refractivity contribution < 1.29 is 4.79 Å². The molecule has 2 N–H and O–H groups in total. The maximum absolute atomic E-state index is 12.4. The minimum Gasteiger partial charge on any atom is -0.385 e. The van der Waals surface area contributed by atoms with E-state index in [1.165, 1.54) is 0 Å². The Bertz CT molecular complexity index is 640. The van der Waals surface area contributed by atoms with Gasteiger partial charge in [0.1, 0.15) is 5.82 Å². The smallest absolute Gasteiger partial charge is 0.257 e. The highest BCUT2D eigenvalue weighted by atomic mass is 79.9. The van der Waals surface area contributed by atoms with Crippen LogP contribution in [0.1, 0.15) is 22.3 Å². The number of rotatable bonds is 2. The third kappa shape index (κ3) is 2.67. The molecule has 0 saturated heterocycles. The Balaban J connectivity index is 1.85. The molecule has 3 rings (SSSR count). The summed E-state index contributed by atoms with van der Waals surface area (Å²) >= 11 is 3.32. The van der Waals surface area contributed by atoms with E-state index >= 15 is 0 Å². The van der Waals surface area contributed by atoms with Gasteiger partial charge in [-0.3, -0.25) is 4.79 Å². The van der Waals surface area contributed by atoms with Gasteiger partial charge in [0.2, 0.25) is 0 Å². The Morgan fingerprint density at radius 2 is 2.20 bits per heavy atom. The van der Waals surface area contributed by atoms with Crippen LogP contribution >= 0.6 is 15.9 Å². The molecule has 2 heterocycles. The van der Waals surface area contributed by atoms with Crippen LogP contribution in [0.15, 0.2) is 41.0 Å². The number of hydrogen-bond donors (Lipinski definition) is 2. The van der Waals surface area contributed by atoms with Crippen LogP contribution in [0.4, 0.5) is 11.5 Å². The molecule has 0 aliphatic carbocycles. The molecule has 0 fully saturated rings. The molecule has 4 nitrogen and oxygen atoms in total. The van der Waals surface area contributed by atoms with Gasteiger partial charge < -0.3 is 10.6 Å². The topological polar surface area (TPSA) is 54.0 Å². The van der Waals surface area contributed by atoms with E-state index in [2.05, 4.69) is 31.5 Å². The van der Waals surface area contributed by atoms with Gasteiger partial charge in [-0.05, 0) is 58.6 Å². The predicted octanol–water partition coefficient (Wildman–Crippen LogP) is 3.45. The lowest BCUT2D eigenvalue weighted by atomic mass is 9.97. The summed E-state index contributed by atoms with van der Waals surface area (Å²) in [7, 11) is 0. The van der Waals surface area contributed by atoms with Gasteiger partial charge in [-0.15, -0.1) is 0 Å². The van der Waals surface area contributed by atoms with E-state index in [0.29, 0.717) is 5.82 Å². The minimum absolute atomic E-state index is 0.111. The molecule has 20 heavy (non-hydrogen) atoms. The van der Waals surface area contributed by atoms with Crippen molar-refractivity contribution in [3.63, 3.8) is 0 Å². The molecule has 1 aromatic heterocycles. The Labute approximate surface area is 125 Å². The first kappa shape index (κ1) is 13.1. The molecule has 0 saturated carbocycles. The Morgan fingerprint density at radius 1 is 1.30 bits per heavy atom. The molecule has 0 unspecified atom stereocenters. The van der Waals surface area contributed by atoms with Crippen molar-refractivity contribution in [2.45, 2.75) is 12.8 Å². The van der Waals surface area contributed by atoms with E-state index in [1.807, 2.05) is 24.3 Å². The normalized spacial score (nSPS) is 13.2. The summed E-state index contributed by atoms with van der Waals surface area (Å²) in [4.78, 5) is 16.5. The van der Waals surface area contributed by atoms with Crippen molar-refractivity contribution in [2.75, 3.05) is 17.2 Å². The Kier molecular flexibility index (Phi) is 3.69. The van der Waals surface area contributed by atoms with Crippen molar-refractivity contribution in [2.24, 2.45) is 0 Å². The number of nitrogens with zero attached hydrogens (tertiary/aromatic N) is 1. The number of amides is 1. The molecule has 0 spiro atoms. The highest BCUT2D eigenvalue weighted by Crippen LogP contribution is 2.25. The summed E-state index contributed by atoms with van der Waals surface area (Å²) in [5.41, 5.74) is 2.88. The molecule has 1 aliphatic rings. The zero-order chi connectivity index (χ0) is 13.9. The number of carbonyl (C=O) groups is 1. The molecule has 1 aliphatic heterocycles. The standard InChI is InChI=1S/C15H14BrN3O/c16-10-6-7-14(18-9-10)19-15(20)12-3-1-5-13-11(12)4-2-8-17-13/h1,3,5-7,9,17H,2,4,8H2,(H,18,19,20). The number of pyridine rings is 1. The third-order valence-electron chi connectivity index (χ3n) is 3.31. The van der Waals surface area contributed by atoms with Gasteiger partial charge >= 0.3 is 0 Å². The fourth-order valence-corrected chi connectivity index (χ4v) is 2.59. The van der Waals surface area contributed by atoms with Gasteiger partial charge in [-0.2, -0.15) is 0 Å². The van der Waals surface area contributed by atoms with E-state index in [-0.39, 0.29) is 5.91 Å². The second-order valence-electron chi connectivity index (χ2n) is 4.68. The fourth-order valence-electron chi connectivity index (χ4n) is 2.36. The molecular formula is C15H14BrN3O. The number of benzene rings is 1. The zero-order valence-electron chi connectivity index (χ0n) is 10.8. The first-order valence-electron chi connectivity index (χ1n) is 6.53. The van der Waals surface area contributed by atoms with Crippen molar-refractivity contribution in [1.29, 1.82) is 0 Å². The number of halogens is 1. The van der Waals surface area contributed by atoms with E-state index in [0.717, 1.165) is 40.7 Å². The predicted molar refractivity (Wildman–Crippen MR) is 83.1 cm³/mol. The monoisotopic (exact) mass is 331 g/mol. The molecular weight excluding hydrogens is 318 g/mol. The van der Waals surface area contributed by atoms with Gasteiger partial charge in [-0.1, -0.05) is 6.07 Å². The van der Waals surface area contributed by atoms with E-state index in [4.69, 9.17) is 0 Å². The van der Waals surface area contributed by atoms with Crippen molar-refractivity contribution >= 4 is 33.3 Å². The lowest BCUT2D eigenvalue weighted by Crippen LogP contribution is -2.19. The summed E-state index contributed by atoms with van der Waals surface area (Å²) in [6.45, 7) is 0.965. The molecule has 0 atom stereocenters. The molecule has 1 aromatic carbocycles. The fraction of sp³-hybridized carbons (Fsp3) is 0.200. The minimum atomic E-state index is -0.111. The molecule has 0 radical (unpaired) electrons. The number of anilines is 2. The third-order valence-corrected chi connectivity index (χ3v) is 3.78. The van der Waals surface area contributed by atoms with Crippen molar-refractivity contribution in [1.82, 2.24) is 4.98 Å². The Hall–Kier alpha value is -1.88. The quantitative estimate of drug-likeness (QED) is 0.886. The largest absolute Gasteiger partial charge is 0.385 e. The molecule has 0 bridgehead atoms. The number of fused-ring (bicyclic) bond motifs is 1. The SMILES string of the molecule is O=C(Nc1ccc(Br)cn1)c1cccc2c1CCCN2. The summed E-state index contributed by atoms with van der Waals surface area (Å²) in [6, 6.07) is 9.41. The maximum Gasteiger partial charge on any atom is 0.257 e. The average Bonchev–Trinajstić information content (AvgIpc) is 2.49. The van der Waals surface area contributed by atoms with Crippen LogP contribution in [0.2, 0.25) is 0 Å². The molecule has 5 heteroatoms. The molecule has 102 valence electrons. The van der Waals surface area contributed by atoms with Gasteiger partial charge in [0.15, 0.2) is 0 Å². The van der Waals surface area contributed by atoms with E-state index in [9.17, 15) is 4.79 Å². The van der Waals surface area contributed by atoms with Crippen LogP contribution in [-0.4, -0.2) is 17.4 Å². The summed E-state index contributed by atoms with van der Waals surface area (Å²) in [5.74, 6) is 0.444. The highest BCUT2D eigenvalue weighted by molar-refractivity contribution is 9.10. The second-order valence-corrected chi connectivity index (χ2v) is 5.59. The summed E-state index contributed by atoms with van der Waals surface area (Å²) in [5, 5.41) is 6.16. The van der Waals surface area contributed by atoms with Gasteiger partial charge in [0, 0.05) is 28.5 Å². The number of nitrogens with one attached hydrogen (secondary N) is 2. The van der Waals surface area contributed by atoms with Crippen LogP contribution in [0.25, 0.3) is 0 Å². The van der Waals surface area contributed by atoms with Gasteiger partial charge in [-0.25, -0.2) is 4.98 Å². The van der Waals surface area contributed by atoms with E-state index < -0.39 is 0 Å². The second kappa shape index (κ2) is 5.63. The molecule has 1 amide bonds. The van der Waals surface area contributed by atoms with Crippen molar-refractivity contribution in [3.05, 3.63) is 52.1 Å². The van der Waals surface area contributed by atoms with Crippen LogP contribution in [0.5, 0.6) is 0 Å². The number of aromatic nitrogens is 1. The van der Waals surface area contributed by atoms with Gasteiger partial charge in [0.05, 0.1) is 0 Å². The first-order valence-corrected chi connectivity index (χ1v) is 7.32. The lowest BCUT2D eigenvalue weighted by Gasteiger charge is -2.20. The number of carbonyl (C=O) groups excluding carboxylic acids is 1. The van der Waals surface area contributed by atoms with Gasteiger partial charge in [0.25, 0.3) is 5.91 Å². The average molecular weight is 332 g/mol. The lowest BCUT2D eigenvalue weighted by molar-refractivity contribution is 0.102. The number of hydrogen-bond acceptors (Lipinski definition) is 3. The first-order chi connectivity index (χ1) is 9.74. The van der Waals surface area contributed by atoms with Crippen LogP contribution in [-0.2, 0) is 6.42 Å². The van der Waals surface area contributed by atoms with Crippen molar-refractivity contribution in [3.8, 4) is 0 Å². The van der Waals surface area contributed by atoms with Crippen LogP contribution in [0.3, 0.4) is 0 Å². The molecule has 2 aromatic rings. The van der Waals surface area contributed by atoms with Crippen LogP contribution in [0, 0.1) is 0 Å². The highest BCUT2D eigenvalue weighted by Gasteiger charge is 2.17. The Morgan fingerprint density at radius 3 is 3.00 bits per heavy atom. The summed E-state index contributed by atoms with van der Waals surface area (Å²) in [6.07, 6.45) is 3.64. The van der Waals surface area contributed by atoms with Crippen LogP contribution < -0.4 is 10.6 Å². The summed E-state index contributed by atoms with van der Waals surface area (Å²) < 4.78 is 0.886. The maximum atomic E-state index is 12.4. The zero-order valence-corrected chi connectivity index (χ0v) is 12.4. The van der Waals surface area contributed by atoms with E-state index in [1.54, 1.807) is 12.3 Å².